The molecule has 1 heterocycles. The maximum atomic E-state index is 12.3. The molecular weight excluding hydrogens is 456 g/mol. The van der Waals surface area contributed by atoms with E-state index in [1.165, 1.54) is 0 Å². The molecule has 0 aliphatic carbocycles. The van der Waals surface area contributed by atoms with Gasteiger partial charge in [-0.2, -0.15) is 4.98 Å². The van der Waals surface area contributed by atoms with Crippen LogP contribution < -0.4 is 16.0 Å². The molecule has 3 rings (SSSR count). The third-order valence-electron chi connectivity index (χ3n) is 4.79. The van der Waals surface area contributed by atoms with Gasteiger partial charge < -0.3 is 20.9 Å². The van der Waals surface area contributed by atoms with Gasteiger partial charge in [0.1, 0.15) is 5.82 Å². The van der Waals surface area contributed by atoms with Crippen LogP contribution in [0, 0.1) is 0 Å². The van der Waals surface area contributed by atoms with E-state index in [1.807, 2.05) is 42.5 Å². The van der Waals surface area contributed by atoms with Gasteiger partial charge in [0.05, 0.1) is 4.47 Å². The quantitative estimate of drug-likeness (QED) is 0.385. The highest BCUT2D eigenvalue weighted by molar-refractivity contribution is 9.10. The van der Waals surface area contributed by atoms with Gasteiger partial charge in [-0.3, -0.25) is 4.79 Å². The van der Waals surface area contributed by atoms with Crippen molar-refractivity contribution in [2.45, 2.75) is 13.8 Å². The standard InChI is InChI=1S/C23H27BrN6O/c1-3-30(4-2)15-14-25-22(31)17-10-12-19(13-11-17)28-23-26-16-20(24)21(29-23)27-18-8-6-5-7-9-18/h5-13,16H,3-4,14-15H2,1-2H3,(H,25,31)(H2,26,27,28,29). The molecule has 162 valence electrons. The second kappa shape index (κ2) is 11.4. The van der Waals surface area contributed by atoms with Gasteiger partial charge in [-0.05, 0) is 65.4 Å². The molecule has 1 amide bonds. The molecule has 31 heavy (non-hydrogen) atoms. The molecule has 0 aliphatic rings. The van der Waals surface area contributed by atoms with Crippen LogP contribution in [-0.4, -0.2) is 47.0 Å². The highest BCUT2D eigenvalue weighted by Gasteiger charge is 2.08. The zero-order chi connectivity index (χ0) is 22.1. The van der Waals surface area contributed by atoms with Crippen LogP contribution in [0.1, 0.15) is 24.2 Å². The highest BCUT2D eigenvalue weighted by Crippen LogP contribution is 2.25. The number of amides is 1. The predicted octanol–water partition coefficient (Wildman–Crippen LogP) is 4.80. The number of para-hydroxylation sites is 1. The third kappa shape index (κ3) is 6.77. The zero-order valence-electron chi connectivity index (χ0n) is 17.7. The summed E-state index contributed by atoms with van der Waals surface area (Å²) in [6.45, 7) is 7.67. The van der Waals surface area contributed by atoms with Crippen molar-refractivity contribution in [3.8, 4) is 0 Å². The first-order chi connectivity index (χ1) is 15.1. The van der Waals surface area contributed by atoms with Crippen molar-refractivity contribution in [1.29, 1.82) is 0 Å². The summed E-state index contributed by atoms with van der Waals surface area (Å²) in [6, 6.07) is 17.1. The molecular formula is C23H27BrN6O. The van der Waals surface area contributed by atoms with Gasteiger partial charge in [-0.25, -0.2) is 4.98 Å². The van der Waals surface area contributed by atoms with Crippen molar-refractivity contribution in [2.24, 2.45) is 0 Å². The Kier molecular flexibility index (Phi) is 8.37. The van der Waals surface area contributed by atoms with E-state index in [0.717, 1.165) is 35.5 Å². The van der Waals surface area contributed by atoms with Crippen LogP contribution in [0.5, 0.6) is 0 Å². The number of aromatic nitrogens is 2. The van der Waals surface area contributed by atoms with E-state index in [2.05, 4.69) is 60.6 Å². The third-order valence-corrected chi connectivity index (χ3v) is 5.37. The number of nitrogens with zero attached hydrogens (tertiary/aromatic N) is 3. The van der Waals surface area contributed by atoms with Gasteiger partial charge in [0.2, 0.25) is 5.95 Å². The Morgan fingerprint density at radius 1 is 0.968 bits per heavy atom. The van der Waals surface area contributed by atoms with E-state index in [4.69, 9.17) is 0 Å². The lowest BCUT2D eigenvalue weighted by Gasteiger charge is -2.18. The Hall–Kier alpha value is -2.97. The maximum absolute atomic E-state index is 12.3. The molecule has 0 fully saturated rings. The van der Waals surface area contributed by atoms with Crippen LogP contribution >= 0.6 is 15.9 Å². The normalized spacial score (nSPS) is 10.7. The first-order valence-electron chi connectivity index (χ1n) is 10.3. The molecule has 8 heteroatoms. The number of halogens is 1. The number of rotatable bonds is 10. The SMILES string of the molecule is CCN(CC)CCNC(=O)c1ccc(Nc2ncc(Br)c(Nc3ccccc3)n2)cc1. The lowest BCUT2D eigenvalue weighted by Crippen LogP contribution is -2.34. The average molecular weight is 483 g/mol. The second-order valence-corrected chi connectivity index (χ2v) is 7.72. The summed E-state index contributed by atoms with van der Waals surface area (Å²) in [5, 5.41) is 9.40. The van der Waals surface area contributed by atoms with Crippen LogP contribution in [0.4, 0.5) is 23.1 Å². The van der Waals surface area contributed by atoms with Crippen molar-refractivity contribution < 1.29 is 4.79 Å². The van der Waals surface area contributed by atoms with Gasteiger partial charge in [0.25, 0.3) is 5.91 Å². The molecule has 0 bridgehead atoms. The minimum atomic E-state index is -0.0760. The minimum Gasteiger partial charge on any atom is -0.351 e. The van der Waals surface area contributed by atoms with Crippen LogP contribution in [0.15, 0.2) is 65.3 Å². The number of hydrogen-bond acceptors (Lipinski definition) is 6. The molecule has 0 unspecified atom stereocenters. The number of hydrogen-bond donors (Lipinski definition) is 3. The number of carbonyl (C=O) groups is 1. The summed E-state index contributed by atoms with van der Waals surface area (Å²) in [5.41, 5.74) is 2.35. The minimum absolute atomic E-state index is 0.0760. The molecule has 7 nitrogen and oxygen atoms in total. The van der Waals surface area contributed by atoms with Crippen molar-refractivity contribution in [1.82, 2.24) is 20.2 Å². The fourth-order valence-corrected chi connectivity index (χ4v) is 3.27. The van der Waals surface area contributed by atoms with Gasteiger partial charge in [-0.15, -0.1) is 0 Å². The fraction of sp³-hybridized carbons (Fsp3) is 0.261. The number of benzene rings is 2. The smallest absolute Gasteiger partial charge is 0.251 e. The van der Waals surface area contributed by atoms with Gasteiger partial charge in [0, 0.05) is 36.2 Å². The van der Waals surface area contributed by atoms with Crippen LogP contribution in [0.2, 0.25) is 0 Å². The summed E-state index contributed by atoms with van der Waals surface area (Å²) in [5.74, 6) is 1.04. The van der Waals surface area contributed by atoms with E-state index < -0.39 is 0 Å². The van der Waals surface area contributed by atoms with Gasteiger partial charge in [-0.1, -0.05) is 32.0 Å². The Labute approximate surface area is 191 Å². The first-order valence-corrected chi connectivity index (χ1v) is 11.1. The molecule has 0 radical (unpaired) electrons. The molecule has 1 aromatic heterocycles. The predicted molar refractivity (Wildman–Crippen MR) is 129 cm³/mol. The number of anilines is 4. The van der Waals surface area contributed by atoms with Crippen molar-refractivity contribution >= 4 is 45.0 Å². The van der Waals surface area contributed by atoms with Crippen molar-refractivity contribution in [3.63, 3.8) is 0 Å². The molecule has 0 aliphatic heterocycles. The van der Waals surface area contributed by atoms with Gasteiger partial charge in [0.15, 0.2) is 0 Å². The lowest BCUT2D eigenvalue weighted by molar-refractivity contribution is 0.0949. The van der Waals surface area contributed by atoms with Crippen LogP contribution in [0.25, 0.3) is 0 Å². The van der Waals surface area contributed by atoms with E-state index in [1.54, 1.807) is 18.3 Å². The van der Waals surface area contributed by atoms with Crippen molar-refractivity contribution in [3.05, 3.63) is 70.8 Å². The Morgan fingerprint density at radius 2 is 1.65 bits per heavy atom. The lowest BCUT2D eigenvalue weighted by atomic mass is 10.2. The fourth-order valence-electron chi connectivity index (χ4n) is 2.98. The number of nitrogens with one attached hydrogen (secondary N) is 3. The Morgan fingerprint density at radius 3 is 2.32 bits per heavy atom. The largest absolute Gasteiger partial charge is 0.351 e. The van der Waals surface area contributed by atoms with Crippen molar-refractivity contribution in [2.75, 3.05) is 36.8 Å². The summed E-state index contributed by atoms with van der Waals surface area (Å²) >= 11 is 3.47. The molecule has 0 saturated carbocycles. The summed E-state index contributed by atoms with van der Waals surface area (Å²) in [4.78, 5) is 23.5. The average Bonchev–Trinajstić information content (AvgIpc) is 2.80. The molecule has 2 aromatic carbocycles. The molecule has 3 N–H and O–H groups in total. The summed E-state index contributed by atoms with van der Waals surface area (Å²) in [6.07, 6.45) is 1.69. The van der Waals surface area contributed by atoms with E-state index in [0.29, 0.717) is 23.9 Å². The Bertz CT molecular complexity index is 977. The summed E-state index contributed by atoms with van der Waals surface area (Å²) in [7, 11) is 0. The Balaban J connectivity index is 1.59. The number of likely N-dealkylation sites (N-methyl/N-ethyl adjacent to an activating group) is 1. The topological polar surface area (TPSA) is 82.2 Å². The molecule has 0 saturated heterocycles. The van der Waals surface area contributed by atoms with Crippen LogP contribution in [0.3, 0.4) is 0 Å². The summed E-state index contributed by atoms with van der Waals surface area (Å²) < 4.78 is 0.763. The molecule has 0 atom stereocenters. The molecule has 0 spiro atoms. The van der Waals surface area contributed by atoms with Crippen LogP contribution in [-0.2, 0) is 0 Å². The highest BCUT2D eigenvalue weighted by atomic mass is 79.9. The number of carbonyl (C=O) groups excluding carboxylic acids is 1. The van der Waals surface area contributed by atoms with E-state index >= 15 is 0 Å². The molecule has 3 aromatic rings. The second-order valence-electron chi connectivity index (χ2n) is 6.87. The van der Waals surface area contributed by atoms with Gasteiger partial charge >= 0.3 is 0 Å². The van der Waals surface area contributed by atoms with E-state index in [-0.39, 0.29) is 5.91 Å². The maximum Gasteiger partial charge on any atom is 0.251 e. The zero-order valence-corrected chi connectivity index (χ0v) is 19.3. The van der Waals surface area contributed by atoms with E-state index in [9.17, 15) is 4.79 Å². The first kappa shape index (κ1) is 22.7. The monoisotopic (exact) mass is 482 g/mol.